The predicted molar refractivity (Wildman–Crippen MR) is 71.2 cm³/mol. The predicted octanol–water partition coefficient (Wildman–Crippen LogP) is 1.68. The van der Waals surface area contributed by atoms with E-state index in [1.54, 1.807) is 6.07 Å². The smallest absolute Gasteiger partial charge is 0.307 e. The molecule has 0 aliphatic heterocycles. The summed E-state index contributed by atoms with van der Waals surface area (Å²) in [7, 11) is 1.30. The molecule has 104 valence electrons. The minimum atomic E-state index is -0.853. The maximum absolute atomic E-state index is 11.4. The van der Waals surface area contributed by atoms with E-state index in [0.717, 1.165) is 12.0 Å². The molecule has 1 aliphatic carbocycles. The van der Waals surface area contributed by atoms with Crippen LogP contribution in [0.5, 0.6) is 0 Å². The number of rotatable bonds is 3. The summed E-state index contributed by atoms with van der Waals surface area (Å²) < 4.78 is 4.62. The normalized spacial score (nSPS) is 20.3. The number of aryl methyl sites for hydroxylation is 1. The highest BCUT2D eigenvalue weighted by Gasteiger charge is 2.38. The van der Waals surface area contributed by atoms with Gasteiger partial charge < -0.3 is 10.5 Å². The van der Waals surface area contributed by atoms with E-state index in [2.05, 4.69) is 4.74 Å². The van der Waals surface area contributed by atoms with Crippen molar-refractivity contribution in [1.82, 2.24) is 0 Å². The van der Waals surface area contributed by atoms with E-state index in [-0.39, 0.29) is 24.5 Å². The first-order chi connectivity index (χ1) is 8.46. The number of nitrogens with zero attached hydrogens (tertiary/aromatic N) is 1. The summed E-state index contributed by atoms with van der Waals surface area (Å²) >= 11 is 0. The number of ether oxygens (including phenoxy) is 1. The van der Waals surface area contributed by atoms with Crippen LogP contribution in [0.4, 0.5) is 5.69 Å². The van der Waals surface area contributed by atoms with Crippen molar-refractivity contribution in [3.05, 3.63) is 39.4 Å². The third kappa shape index (κ3) is 2.85. The molecule has 0 radical (unpaired) electrons. The van der Waals surface area contributed by atoms with Crippen molar-refractivity contribution in [3.63, 3.8) is 0 Å². The maximum atomic E-state index is 11.4. The van der Waals surface area contributed by atoms with E-state index in [1.807, 2.05) is 0 Å². The molecule has 1 aromatic rings. The van der Waals surface area contributed by atoms with Gasteiger partial charge in [-0.1, -0.05) is 6.07 Å². The fraction of sp³-hybridized carbons (Fsp3) is 0.417. The third-order valence-corrected chi connectivity index (χ3v) is 3.37. The number of hydrogen-bond acceptors (Lipinski definition) is 5. The van der Waals surface area contributed by atoms with Crippen LogP contribution >= 0.6 is 12.4 Å². The van der Waals surface area contributed by atoms with E-state index >= 15 is 0 Å². The van der Waals surface area contributed by atoms with Crippen LogP contribution in [0.2, 0.25) is 0 Å². The monoisotopic (exact) mass is 286 g/mol. The van der Waals surface area contributed by atoms with Gasteiger partial charge in [0.2, 0.25) is 0 Å². The standard InChI is InChI=1S/C12H14N2O4.ClH/c1-18-11(15)7-12(13)5-4-8-2-3-9(14(16)17)6-10(8)12;/h2-3,6H,4-5,7,13H2,1H3;1H/t12-;/m0./s1. The van der Waals surface area contributed by atoms with Gasteiger partial charge in [-0.2, -0.15) is 0 Å². The molecule has 0 spiro atoms. The molecule has 0 saturated carbocycles. The molecule has 7 heteroatoms. The number of halogens is 1. The van der Waals surface area contributed by atoms with Gasteiger partial charge >= 0.3 is 5.97 Å². The number of nitro groups is 1. The molecule has 1 aromatic carbocycles. The topological polar surface area (TPSA) is 95.5 Å². The Morgan fingerprint density at radius 2 is 2.26 bits per heavy atom. The molecule has 0 amide bonds. The molecule has 1 atom stereocenters. The SMILES string of the molecule is COC(=O)C[C@@]1(N)CCc2ccc([N+](=O)[O-])cc21.Cl. The molecule has 19 heavy (non-hydrogen) atoms. The average Bonchev–Trinajstić information content (AvgIpc) is 2.66. The van der Waals surface area contributed by atoms with Crippen molar-refractivity contribution in [3.8, 4) is 0 Å². The highest BCUT2D eigenvalue weighted by Crippen LogP contribution is 2.39. The summed E-state index contributed by atoms with van der Waals surface area (Å²) in [6, 6.07) is 4.63. The highest BCUT2D eigenvalue weighted by molar-refractivity contribution is 5.85. The van der Waals surface area contributed by atoms with Gasteiger partial charge in [0.05, 0.1) is 24.0 Å². The third-order valence-electron chi connectivity index (χ3n) is 3.37. The molecule has 0 heterocycles. The van der Waals surface area contributed by atoms with Gasteiger partial charge in [0, 0.05) is 12.1 Å². The first kappa shape index (κ1) is 15.4. The second-order valence-electron chi connectivity index (χ2n) is 4.51. The molecule has 0 bridgehead atoms. The van der Waals surface area contributed by atoms with Crippen LogP contribution in [0, 0.1) is 10.1 Å². The van der Waals surface area contributed by atoms with Crippen LogP contribution in [0.3, 0.4) is 0 Å². The van der Waals surface area contributed by atoms with Crippen LogP contribution in [0.25, 0.3) is 0 Å². The van der Waals surface area contributed by atoms with Crippen molar-refractivity contribution in [2.45, 2.75) is 24.8 Å². The number of hydrogen-bond donors (Lipinski definition) is 1. The number of fused-ring (bicyclic) bond motifs is 1. The van der Waals surface area contributed by atoms with E-state index < -0.39 is 16.4 Å². The Bertz CT molecular complexity index is 520. The Balaban J connectivity index is 0.00000180. The zero-order valence-electron chi connectivity index (χ0n) is 10.4. The van der Waals surface area contributed by atoms with Crippen molar-refractivity contribution in [2.75, 3.05) is 7.11 Å². The van der Waals surface area contributed by atoms with Crippen LogP contribution < -0.4 is 5.73 Å². The fourth-order valence-corrected chi connectivity index (χ4v) is 2.37. The fourth-order valence-electron chi connectivity index (χ4n) is 2.37. The first-order valence-electron chi connectivity index (χ1n) is 5.60. The molecule has 0 fully saturated rings. The number of nitro benzene ring substituents is 1. The largest absolute Gasteiger partial charge is 0.469 e. The minimum Gasteiger partial charge on any atom is -0.469 e. The molecule has 2 N–H and O–H groups in total. The minimum absolute atomic E-state index is 0. The summed E-state index contributed by atoms with van der Waals surface area (Å²) in [4.78, 5) is 21.7. The molecule has 1 aliphatic rings. The van der Waals surface area contributed by atoms with Gasteiger partial charge in [-0.25, -0.2) is 0 Å². The number of methoxy groups -OCH3 is 1. The molecule has 0 saturated heterocycles. The van der Waals surface area contributed by atoms with E-state index in [4.69, 9.17) is 5.73 Å². The van der Waals surface area contributed by atoms with Gasteiger partial charge in [0.25, 0.3) is 5.69 Å². The summed E-state index contributed by atoms with van der Waals surface area (Å²) in [5, 5.41) is 10.8. The van der Waals surface area contributed by atoms with Crippen LogP contribution in [-0.2, 0) is 21.5 Å². The first-order valence-corrected chi connectivity index (χ1v) is 5.60. The lowest BCUT2D eigenvalue weighted by molar-refractivity contribution is -0.385. The molecule has 0 aromatic heterocycles. The second-order valence-corrected chi connectivity index (χ2v) is 4.51. The number of carbonyl (C=O) groups excluding carboxylic acids is 1. The van der Waals surface area contributed by atoms with Gasteiger partial charge in [-0.05, 0) is 24.0 Å². The second kappa shape index (κ2) is 5.54. The van der Waals surface area contributed by atoms with E-state index in [0.29, 0.717) is 12.0 Å². The Morgan fingerprint density at radius 3 is 2.84 bits per heavy atom. The average molecular weight is 287 g/mol. The van der Waals surface area contributed by atoms with E-state index in [1.165, 1.54) is 19.2 Å². The molecular formula is C12H15ClN2O4. The number of carbonyl (C=O) groups is 1. The molecule has 6 nitrogen and oxygen atoms in total. The van der Waals surface area contributed by atoms with Crippen LogP contribution in [0.1, 0.15) is 24.0 Å². The lowest BCUT2D eigenvalue weighted by Crippen LogP contribution is -2.37. The van der Waals surface area contributed by atoms with Gasteiger partial charge in [0.1, 0.15) is 0 Å². The molecular weight excluding hydrogens is 272 g/mol. The number of benzene rings is 1. The zero-order chi connectivity index (χ0) is 13.3. The number of esters is 1. The Hall–Kier alpha value is -1.66. The van der Waals surface area contributed by atoms with Crippen LogP contribution in [-0.4, -0.2) is 18.0 Å². The van der Waals surface area contributed by atoms with Gasteiger partial charge in [-0.3, -0.25) is 14.9 Å². The van der Waals surface area contributed by atoms with Crippen LogP contribution in [0.15, 0.2) is 18.2 Å². The maximum Gasteiger partial charge on any atom is 0.307 e. The lowest BCUT2D eigenvalue weighted by Gasteiger charge is -2.23. The zero-order valence-corrected chi connectivity index (χ0v) is 11.2. The number of nitrogens with two attached hydrogens (primary N) is 1. The van der Waals surface area contributed by atoms with Crippen molar-refractivity contribution >= 4 is 24.1 Å². The summed E-state index contributed by atoms with van der Waals surface area (Å²) in [5.74, 6) is -0.406. The quantitative estimate of drug-likeness (QED) is 0.518. The van der Waals surface area contributed by atoms with Crippen molar-refractivity contribution < 1.29 is 14.5 Å². The summed E-state index contributed by atoms with van der Waals surface area (Å²) in [6.07, 6.45) is 1.36. The molecule has 2 rings (SSSR count). The van der Waals surface area contributed by atoms with Gasteiger partial charge in [0.15, 0.2) is 0 Å². The van der Waals surface area contributed by atoms with E-state index in [9.17, 15) is 14.9 Å². The summed E-state index contributed by atoms with van der Waals surface area (Å²) in [5.41, 5.74) is 6.98. The Morgan fingerprint density at radius 1 is 1.58 bits per heavy atom. The Labute approximate surface area is 116 Å². The van der Waals surface area contributed by atoms with Crippen molar-refractivity contribution in [1.29, 1.82) is 0 Å². The van der Waals surface area contributed by atoms with Gasteiger partial charge in [-0.15, -0.1) is 12.4 Å². The number of non-ortho nitro benzene ring substituents is 1. The highest BCUT2D eigenvalue weighted by atomic mass is 35.5. The lowest BCUT2D eigenvalue weighted by atomic mass is 9.89. The van der Waals surface area contributed by atoms with Crippen molar-refractivity contribution in [2.24, 2.45) is 5.73 Å². The molecule has 0 unspecified atom stereocenters. The Kier molecular flexibility index (Phi) is 4.49. The summed E-state index contributed by atoms with van der Waals surface area (Å²) in [6.45, 7) is 0.